The number of carbonyl (C=O) groups is 10. The molecule has 0 aromatic heterocycles. The van der Waals surface area contributed by atoms with Crippen LogP contribution in [-0.2, 0) is 54.4 Å². The molecular weight excluding hydrogens is 939 g/mol. The van der Waals surface area contributed by atoms with Crippen LogP contribution in [-0.4, -0.2) is 160 Å². The first-order valence-corrected chi connectivity index (χ1v) is 24.3. The van der Waals surface area contributed by atoms with Crippen LogP contribution >= 0.6 is 25.3 Å². The Kier molecular flexibility index (Phi) is 27.3. The zero-order valence-electron chi connectivity index (χ0n) is 39.2. The van der Waals surface area contributed by atoms with E-state index in [2.05, 4.69) is 62.5 Å². The van der Waals surface area contributed by atoms with Crippen LogP contribution < -0.4 is 54.4 Å². The SMILES string of the molecule is CC(C)C(NC(=O)C(CS)NC(=O)C(CCCCN)NC(=O)CNC(=O)C(CCC(=O)O)NC(=O)C1CCCN1C(=O)C(CS)NC(=O)C(Cc1ccccc1)NC(=O)C(N)CCCCN)C(=O)O. The Bertz CT molecular complexity index is 1900. The first kappa shape index (κ1) is 59.6. The summed E-state index contributed by atoms with van der Waals surface area (Å²) >= 11 is 8.43. The molecule has 1 aliphatic rings. The molecule has 15 N–H and O–H groups in total. The lowest BCUT2D eigenvalue weighted by molar-refractivity contribution is -0.143. The Balaban J connectivity index is 2.18. The Morgan fingerprint density at radius 1 is 0.681 bits per heavy atom. The number of carbonyl (C=O) groups excluding carboxylic acids is 8. The average molecular weight is 1010 g/mol. The number of nitrogens with two attached hydrogens (primary N) is 3. The molecule has 1 aliphatic heterocycles. The summed E-state index contributed by atoms with van der Waals surface area (Å²) < 4.78 is 0. The van der Waals surface area contributed by atoms with Crippen LogP contribution in [0.5, 0.6) is 0 Å². The monoisotopic (exact) mass is 1010 g/mol. The van der Waals surface area contributed by atoms with Crippen molar-refractivity contribution in [3.8, 4) is 0 Å². The quantitative estimate of drug-likeness (QED) is 0.0258. The summed E-state index contributed by atoms with van der Waals surface area (Å²) in [5.41, 5.74) is 18.0. The summed E-state index contributed by atoms with van der Waals surface area (Å²) in [7, 11) is 0. The summed E-state index contributed by atoms with van der Waals surface area (Å²) in [4.78, 5) is 132. The van der Waals surface area contributed by atoms with Gasteiger partial charge in [0.25, 0.3) is 0 Å². The van der Waals surface area contributed by atoms with Crippen molar-refractivity contribution in [1.29, 1.82) is 0 Å². The van der Waals surface area contributed by atoms with Gasteiger partial charge in [-0.2, -0.15) is 25.3 Å². The molecule has 0 radical (unpaired) electrons. The van der Waals surface area contributed by atoms with Gasteiger partial charge in [0.05, 0.1) is 12.6 Å². The Labute approximate surface area is 412 Å². The number of carboxylic acids is 2. The molecule has 1 aromatic rings. The van der Waals surface area contributed by atoms with Crippen LogP contribution in [0.1, 0.15) is 83.6 Å². The van der Waals surface area contributed by atoms with Crippen LogP contribution in [0, 0.1) is 5.92 Å². The third kappa shape index (κ3) is 20.9. The first-order valence-electron chi connectivity index (χ1n) is 23.0. The Hall–Kier alpha value is -5.50. The lowest BCUT2D eigenvalue weighted by Gasteiger charge is -2.30. The van der Waals surface area contributed by atoms with E-state index in [1.807, 2.05) is 0 Å². The molecule has 1 saturated heterocycles. The highest BCUT2D eigenvalue weighted by molar-refractivity contribution is 7.80. The number of benzene rings is 1. The van der Waals surface area contributed by atoms with E-state index in [1.54, 1.807) is 44.2 Å². The number of carboxylic acid groups (broad SMARTS) is 2. The second kappa shape index (κ2) is 31.6. The number of nitrogens with one attached hydrogen (secondary N) is 7. The van der Waals surface area contributed by atoms with Gasteiger partial charge >= 0.3 is 11.9 Å². The van der Waals surface area contributed by atoms with E-state index in [4.69, 9.17) is 17.2 Å². The first-order chi connectivity index (χ1) is 32.8. The fourth-order valence-electron chi connectivity index (χ4n) is 7.27. The maximum absolute atomic E-state index is 14.0. The standard InChI is InChI=1S/C44H71N11O12S2/c1-25(2)36(44(66)67)54-41(63)31(23-68)52-39(61)28(14-7-9-19-46)49-34(56)22-48-38(60)29(16-17-35(57)58)50-42(64)33-15-10-20-55(33)43(65)32(24-69)53-40(62)30(21-26-11-4-3-5-12-26)51-37(59)27(47)13-6-8-18-45/h3-5,11-12,25,27-33,36,68-69H,6-10,13-24,45-47H2,1-2H3,(H,48,60)(H,49,56)(H,50,64)(H,51,59)(H,52,61)(H,53,62)(H,54,63)(H,57,58)(H,66,67). The molecule has 1 aromatic carbocycles. The minimum absolute atomic E-state index is 0.0640. The number of aliphatic carboxylic acids is 2. The van der Waals surface area contributed by atoms with Gasteiger partial charge in [0.2, 0.25) is 47.3 Å². The fraction of sp³-hybridized carbons (Fsp3) is 0.636. The third-order valence-electron chi connectivity index (χ3n) is 11.2. The molecule has 8 atom stereocenters. The van der Waals surface area contributed by atoms with Crippen LogP contribution in [0.25, 0.3) is 0 Å². The van der Waals surface area contributed by atoms with Crippen molar-refractivity contribution in [2.75, 3.05) is 37.7 Å². The number of hydrogen-bond acceptors (Lipinski definition) is 15. The number of rotatable bonds is 32. The molecule has 8 unspecified atom stereocenters. The molecular formula is C44H71N11O12S2. The minimum Gasteiger partial charge on any atom is -0.481 e. The third-order valence-corrected chi connectivity index (χ3v) is 11.9. The van der Waals surface area contributed by atoms with Crippen molar-refractivity contribution >= 4 is 84.5 Å². The molecule has 8 amide bonds. The number of hydrogen-bond donors (Lipinski definition) is 14. The fourth-order valence-corrected chi connectivity index (χ4v) is 7.78. The molecule has 0 spiro atoms. The number of thiol groups is 2. The smallest absolute Gasteiger partial charge is 0.326 e. The Morgan fingerprint density at radius 3 is 1.83 bits per heavy atom. The van der Waals surface area contributed by atoms with Crippen molar-refractivity contribution in [3.05, 3.63) is 35.9 Å². The van der Waals surface area contributed by atoms with Crippen molar-refractivity contribution in [2.24, 2.45) is 23.1 Å². The van der Waals surface area contributed by atoms with Gasteiger partial charge in [-0.3, -0.25) is 43.2 Å². The zero-order chi connectivity index (χ0) is 51.6. The van der Waals surface area contributed by atoms with Crippen molar-refractivity contribution in [1.82, 2.24) is 42.1 Å². The van der Waals surface area contributed by atoms with E-state index in [1.165, 1.54) is 4.90 Å². The number of unbranched alkanes of at least 4 members (excludes halogenated alkanes) is 2. The number of likely N-dealkylation sites (tertiary alicyclic amines) is 1. The topological polar surface area (TPSA) is 377 Å². The van der Waals surface area contributed by atoms with E-state index in [9.17, 15) is 58.2 Å². The van der Waals surface area contributed by atoms with Crippen LogP contribution in [0.3, 0.4) is 0 Å². The second-order valence-electron chi connectivity index (χ2n) is 17.0. The summed E-state index contributed by atoms with van der Waals surface area (Å²) in [6.07, 6.45) is 2.10. The predicted octanol–water partition coefficient (Wildman–Crippen LogP) is -2.70. The van der Waals surface area contributed by atoms with Crippen molar-refractivity contribution < 1.29 is 58.2 Å². The molecule has 0 bridgehead atoms. The largest absolute Gasteiger partial charge is 0.481 e. The number of nitrogens with zero attached hydrogens (tertiary/aromatic N) is 1. The highest BCUT2D eigenvalue weighted by atomic mass is 32.1. The molecule has 69 heavy (non-hydrogen) atoms. The molecule has 386 valence electrons. The van der Waals surface area contributed by atoms with Gasteiger partial charge < -0.3 is 69.5 Å². The maximum Gasteiger partial charge on any atom is 0.326 e. The van der Waals surface area contributed by atoms with E-state index in [0.29, 0.717) is 50.6 Å². The molecule has 25 heteroatoms. The lowest BCUT2D eigenvalue weighted by Crippen LogP contribution is -2.59. The summed E-state index contributed by atoms with van der Waals surface area (Å²) in [6, 6.07) is -0.864. The van der Waals surface area contributed by atoms with Gasteiger partial charge in [0.15, 0.2) is 0 Å². The van der Waals surface area contributed by atoms with Crippen molar-refractivity contribution in [3.63, 3.8) is 0 Å². The van der Waals surface area contributed by atoms with Gasteiger partial charge in [0.1, 0.15) is 42.3 Å². The predicted molar refractivity (Wildman–Crippen MR) is 260 cm³/mol. The Morgan fingerprint density at radius 2 is 1.25 bits per heavy atom. The van der Waals surface area contributed by atoms with Gasteiger partial charge in [0, 0.05) is 30.9 Å². The van der Waals surface area contributed by atoms with Crippen LogP contribution in [0.4, 0.5) is 0 Å². The second-order valence-corrected chi connectivity index (χ2v) is 17.7. The highest BCUT2D eigenvalue weighted by Crippen LogP contribution is 2.20. The molecule has 0 saturated carbocycles. The molecule has 23 nitrogen and oxygen atoms in total. The van der Waals surface area contributed by atoms with E-state index >= 15 is 0 Å². The van der Waals surface area contributed by atoms with Crippen LogP contribution in [0.15, 0.2) is 30.3 Å². The molecule has 0 aliphatic carbocycles. The molecule has 1 fully saturated rings. The summed E-state index contributed by atoms with van der Waals surface area (Å²) in [6.45, 7) is 3.25. The number of amides is 8. The van der Waals surface area contributed by atoms with E-state index in [0.717, 1.165) is 0 Å². The normalized spacial score (nSPS) is 16.3. The van der Waals surface area contributed by atoms with Gasteiger partial charge in [-0.25, -0.2) is 4.79 Å². The minimum atomic E-state index is -1.50. The lowest BCUT2D eigenvalue weighted by atomic mass is 10.0. The van der Waals surface area contributed by atoms with Gasteiger partial charge in [-0.05, 0) is 75.9 Å². The molecule has 2 rings (SSSR count). The maximum atomic E-state index is 14.0. The zero-order valence-corrected chi connectivity index (χ0v) is 40.9. The molecule has 1 heterocycles. The van der Waals surface area contributed by atoms with Crippen molar-refractivity contribution in [2.45, 2.75) is 133 Å². The average Bonchev–Trinajstić information content (AvgIpc) is 3.82. The van der Waals surface area contributed by atoms with E-state index in [-0.39, 0.29) is 43.9 Å². The summed E-state index contributed by atoms with van der Waals surface area (Å²) in [5, 5.41) is 36.5. The van der Waals surface area contributed by atoms with E-state index < -0.39 is 133 Å². The van der Waals surface area contributed by atoms with Gasteiger partial charge in [-0.1, -0.05) is 50.6 Å². The van der Waals surface area contributed by atoms with Gasteiger partial charge in [-0.15, -0.1) is 0 Å². The highest BCUT2D eigenvalue weighted by Gasteiger charge is 2.40. The summed E-state index contributed by atoms with van der Waals surface area (Å²) in [5.74, 6) is -9.62. The van der Waals surface area contributed by atoms with Crippen LogP contribution in [0.2, 0.25) is 0 Å².